The molecule has 0 fully saturated rings. The predicted molar refractivity (Wildman–Crippen MR) is 162 cm³/mol. The Kier molecular flexibility index (Phi) is 9.35. The van der Waals surface area contributed by atoms with E-state index >= 15 is 0 Å². The highest BCUT2D eigenvalue weighted by Crippen LogP contribution is 2.40. The molecule has 0 aliphatic carbocycles. The van der Waals surface area contributed by atoms with E-state index in [1.165, 1.54) is 6.07 Å². The zero-order chi connectivity index (χ0) is 33.3. The molecular weight excluding hydrogens is 649 g/mol. The Hall–Kier alpha value is -4.12. The van der Waals surface area contributed by atoms with Crippen LogP contribution in [0.2, 0.25) is 0 Å². The fourth-order valence-corrected chi connectivity index (χ4v) is 6.38. The fourth-order valence-electron chi connectivity index (χ4n) is 5.41. The van der Waals surface area contributed by atoms with Gasteiger partial charge in [-0.15, -0.1) is 0 Å². The fraction of sp³-hybridized carbons (Fsp3) is 0.300. The minimum atomic E-state index is -4.61. The molecule has 5 rings (SSSR count). The maximum Gasteiger partial charge on any atom is 0.416 e. The van der Waals surface area contributed by atoms with Crippen molar-refractivity contribution >= 4 is 43.0 Å². The predicted octanol–water partition coefficient (Wildman–Crippen LogP) is 4.38. The Morgan fingerprint density at radius 3 is 2.24 bits per heavy atom. The van der Waals surface area contributed by atoms with Gasteiger partial charge in [0.05, 0.1) is 44.6 Å². The van der Waals surface area contributed by atoms with Crippen LogP contribution < -0.4 is 14.2 Å². The molecular formula is C30H30F3N4O7S2-. The lowest BCUT2D eigenvalue weighted by Crippen LogP contribution is -2.35. The summed E-state index contributed by atoms with van der Waals surface area (Å²) in [7, 11) is -8.99. The van der Waals surface area contributed by atoms with Crippen molar-refractivity contribution in [2.75, 3.05) is 23.0 Å². The number of halogens is 3. The first-order valence-electron chi connectivity index (χ1n) is 14.3. The summed E-state index contributed by atoms with van der Waals surface area (Å²) in [5, 5.41) is 0. The highest BCUT2D eigenvalue weighted by Gasteiger charge is 2.33. The Labute approximate surface area is 263 Å². The second-order valence-electron chi connectivity index (χ2n) is 10.5. The normalized spacial score (nSPS) is 14.9. The largest absolute Gasteiger partial charge is 0.748 e. The van der Waals surface area contributed by atoms with Crippen LogP contribution in [0.15, 0.2) is 79.0 Å². The van der Waals surface area contributed by atoms with Crippen molar-refractivity contribution in [1.82, 2.24) is 9.13 Å². The van der Waals surface area contributed by atoms with Crippen LogP contribution in [-0.2, 0) is 39.5 Å². The van der Waals surface area contributed by atoms with E-state index in [0.717, 1.165) is 17.8 Å². The molecule has 4 aromatic rings. The highest BCUT2D eigenvalue weighted by molar-refractivity contribution is 7.85. The quantitative estimate of drug-likeness (QED) is 0.159. The number of aromatic nitrogens is 3. The van der Waals surface area contributed by atoms with Crippen LogP contribution in [-0.4, -0.2) is 53.1 Å². The molecule has 0 spiro atoms. The second-order valence-corrected chi connectivity index (χ2v) is 13.6. The first-order valence-corrected chi connectivity index (χ1v) is 17.4. The second kappa shape index (κ2) is 12.9. The van der Waals surface area contributed by atoms with Gasteiger partial charge in [-0.3, -0.25) is 0 Å². The Morgan fingerprint density at radius 1 is 0.935 bits per heavy atom. The monoisotopic (exact) mass is 679 g/mol. The van der Waals surface area contributed by atoms with Crippen LogP contribution in [0.4, 0.5) is 18.9 Å². The van der Waals surface area contributed by atoms with Gasteiger partial charge in [0, 0.05) is 48.3 Å². The number of alkyl halides is 3. The summed E-state index contributed by atoms with van der Waals surface area (Å²) in [4.78, 5) is 1.73. The zero-order valence-electron chi connectivity index (χ0n) is 24.6. The SMILES string of the molecule is CC[n+]1c(/C=C/C=C2Oc3ccc(-n4cccc4)cc3N2CCCS(=O)(=O)[O-])n(CCCS(=O)(=O)[O-])c2cc(C(F)(F)F)ccc21. The molecule has 0 amide bonds. The molecule has 0 saturated heterocycles. The van der Waals surface area contributed by atoms with Crippen LogP contribution in [0.1, 0.15) is 31.2 Å². The van der Waals surface area contributed by atoms with Crippen LogP contribution in [0.5, 0.6) is 5.75 Å². The maximum atomic E-state index is 13.6. The molecule has 3 heterocycles. The summed E-state index contributed by atoms with van der Waals surface area (Å²) in [5.74, 6) is 0.00941. The van der Waals surface area contributed by atoms with Crippen LogP contribution in [0.3, 0.4) is 0 Å². The van der Waals surface area contributed by atoms with Gasteiger partial charge in [0.25, 0.3) is 5.82 Å². The van der Waals surface area contributed by atoms with Crippen molar-refractivity contribution in [3.8, 4) is 11.4 Å². The first kappa shape index (κ1) is 33.2. The third kappa shape index (κ3) is 7.63. The topological polar surface area (TPSA) is 141 Å². The van der Waals surface area contributed by atoms with Crippen LogP contribution in [0, 0.1) is 0 Å². The summed E-state index contributed by atoms with van der Waals surface area (Å²) in [6, 6.07) is 12.5. The van der Waals surface area contributed by atoms with Gasteiger partial charge in [-0.05, 0) is 74.4 Å². The van der Waals surface area contributed by atoms with Gasteiger partial charge in [-0.2, -0.15) is 13.2 Å². The average molecular weight is 680 g/mol. The molecule has 16 heteroatoms. The van der Waals surface area contributed by atoms with E-state index < -0.39 is 43.5 Å². The number of anilines is 1. The van der Waals surface area contributed by atoms with Gasteiger partial charge in [0.1, 0.15) is 0 Å². The number of ether oxygens (including phenoxy) is 1. The van der Waals surface area contributed by atoms with Gasteiger partial charge in [0.15, 0.2) is 16.8 Å². The van der Waals surface area contributed by atoms with E-state index in [4.69, 9.17) is 4.74 Å². The molecule has 1 aliphatic rings. The molecule has 2 aromatic carbocycles. The van der Waals surface area contributed by atoms with E-state index in [-0.39, 0.29) is 31.4 Å². The van der Waals surface area contributed by atoms with Gasteiger partial charge in [-0.1, -0.05) is 0 Å². The van der Waals surface area contributed by atoms with Gasteiger partial charge in [-0.25, -0.2) is 26.0 Å². The number of allylic oxidation sites excluding steroid dienone is 2. The van der Waals surface area contributed by atoms with Crippen LogP contribution >= 0.6 is 0 Å². The van der Waals surface area contributed by atoms with Crippen LogP contribution in [0.25, 0.3) is 22.8 Å². The summed E-state index contributed by atoms with van der Waals surface area (Å²) in [5.41, 5.74) is 1.29. The Bertz CT molecular complexity index is 2020. The third-order valence-corrected chi connectivity index (χ3v) is 8.98. The van der Waals surface area contributed by atoms with E-state index in [2.05, 4.69) is 0 Å². The van der Waals surface area contributed by atoms with Crippen molar-refractivity contribution in [3.05, 3.63) is 90.3 Å². The number of benzene rings is 2. The number of fused-ring (bicyclic) bond motifs is 2. The van der Waals surface area contributed by atoms with Crippen molar-refractivity contribution in [1.29, 1.82) is 0 Å². The molecule has 0 saturated carbocycles. The molecule has 246 valence electrons. The summed E-state index contributed by atoms with van der Waals surface area (Å²) >= 11 is 0. The molecule has 0 radical (unpaired) electrons. The van der Waals surface area contributed by atoms with Crippen molar-refractivity contribution in [3.63, 3.8) is 0 Å². The first-order chi connectivity index (χ1) is 21.6. The Balaban J connectivity index is 1.53. The summed E-state index contributed by atoms with van der Waals surface area (Å²) < 4.78 is 120. The molecule has 0 atom stereocenters. The molecule has 0 N–H and O–H groups in total. The number of imidazole rings is 1. The van der Waals surface area contributed by atoms with Gasteiger partial charge < -0.3 is 23.3 Å². The van der Waals surface area contributed by atoms with E-state index in [9.17, 15) is 39.1 Å². The smallest absolute Gasteiger partial charge is 0.416 e. The number of nitrogens with zero attached hydrogens (tertiary/aromatic N) is 4. The average Bonchev–Trinajstić information content (AvgIpc) is 3.68. The zero-order valence-corrected chi connectivity index (χ0v) is 26.2. The summed E-state index contributed by atoms with van der Waals surface area (Å²) in [6.45, 7) is 2.28. The molecule has 0 bridgehead atoms. The van der Waals surface area contributed by atoms with Crippen molar-refractivity contribution < 1.29 is 48.4 Å². The number of aryl methyl sites for hydroxylation is 2. The standard InChI is InChI=1S/C30H31F3N4O7S2/c1-2-35-24-12-10-22(30(31,32)33)20-25(24)36(16-6-18-45(38,39)40)28(35)8-5-9-29-37(17-7-19-46(41,42)43)26-21-23(11-13-27(26)44-29)34-14-3-4-15-34/h3-5,8-15,20-21H,2,6-7,16-19H2,1H3,(H-,38,39,40,41,42,43)/p-1. The molecule has 11 nitrogen and oxygen atoms in total. The molecule has 2 aromatic heterocycles. The lowest BCUT2D eigenvalue weighted by atomic mass is 10.2. The maximum absolute atomic E-state index is 13.6. The molecule has 46 heavy (non-hydrogen) atoms. The molecule has 0 unspecified atom stereocenters. The minimum Gasteiger partial charge on any atom is -0.748 e. The molecule has 1 aliphatic heterocycles. The minimum absolute atomic E-state index is 0.0255. The highest BCUT2D eigenvalue weighted by atomic mass is 32.2. The third-order valence-electron chi connectivity index (χ3n) is 7.41. The van der Waals surface area contributed by atoms with E-state index in [1.54, 1.807) is 38.3 Å². The number of rotatable bonds is 12. The van der Waals surface area contributed by atoms with Gasteiger partial charge >= 0.3 is 6.18 Å². The lowest BCUT2D eigenvalue weighted by molar-refractivity contribution is -0.670. The van der Waals surface area contributed by atoms with Gasteiger partial charge in [0.2, 0.25) is 5.88 Å². The lowest BCUT2D eigenvalue weighted by Gasteiger charge is -2.19. The summed E-state index contributed by atoms with van der Waals surface area (Å²) in [6.07, 6.45) is 3.86. The van der Waals surface area contributed by atoms with E-state index in [0.29, 0.717) is 35.2 Å². The van der Waals surface area contributed by atoms with E-state index in [1.807, 2.05) is 48.1 Å². The number of hydrogen-bond acceptors (Lipinski definition) is 8. The van der Waals surface area contributed by atoms with Crippen molar-refractivity contribution in [2.24, 2.45) is 0 Å². The number of hydrogen-bond donors (Lipinski definition) is 0. The van der Waals surface area contributed by atoms with Crippen molar-refractivity contribution in [2.45, 2.75) is 39.0 Å². The Morgan fingerprint density at radius 2 is 1.61 bits per heavy atom.